The van der Waals surface area contributed by atoms with Gasteiger partial charge in [-0.25, -0.2) is 0 Å². The second kappa shape index (κ2) is 7.83. The minimum absolute atomic E-state index is 0.00822. The lowest BCUT2D eigenvalue weighted by atomic mass is 10.1. The molecule has 0 saturated carbocycles. The summed E-state index contributed by atoms with van der Waals surface area (Å²) in [5.74, 6) is 0.0599. The minimum Gasteiger partial charge on any atom is -0.411 e. The summed E-state index contributed by atoms with van der Waals surface area (Å²) in [5.41, 5.74) is 2.75. The van der Waals surface area contributed by atoms with E-state index in [2.05, 4.69) is 10.2 Å². The lowest BCUT2D eigenvalue weighted by Gasteiger charge is -2.12. The van der Waals surface area contributed by atoms with Crippen molar-refractivity contribution >= 4 is 17.5 Å². The quantitative estimate of drug-likeness (QED) is 0.424. The van der Waals surface area contributed by atoms with Crippen LogP contribution in [0.3, 0.4) is 0 Å². The summed E-state index contributed by atoms with van der Waals surface area (Å²) in [6.07, 6.45) is -4.35. The number of halogens is 3. The van der Waals surface area contributed by atoms with Gasteiger partial charge in [-0.1, -0.05) is 30.0 Å². The number of Topliss-reactive ketones (excluding diaryl/α,β-unsaturated/α-hetero) is 1. The van der Waals surface area contributed by atoms with Crippen molar-refractivity contribution in [2.24, 2.45) is 0 Å². The molecule has 148 valence electrons. The van der Waals surface area contributed by atoms with E-state index >= 15 is 0 Å². The molecule has 1 aromatic carbocycles. The molecule has 5 nitrogen and oxygen atoms in total. The summed E-state index contributed by atoms with van der Waals surface area (Å²) < 4.78 is 44.8. The van der Waals surface area contributed by atoms with Crippen molar-refractivity contribution < 1.29 is 22.4 Å². The summed E-state index contributed by atoms with van der Waals surface area (Å²) in [6, 6.07) is 9.03. The van der Waals surface area contributed by atoms with Gasteiger partial charge < -0.3 is 8.98 Å². The van der Waals surface area contributed by atoms with E-state index in [-0.39, 0.29) is 22.3 Å². The number of thioether (sulfide) groups is 1. The van der Waals surface area contributed by atoms with Gasteiger partial charge in [-0.3, -0.25) is 4.79 Å². The van der Waals surface area contributed by atoms with Crippen molar-refractivity contribution in [1.29, 1.82) is 0 Å². The van der Waals surface area contributed by atoms with Gasteiger partial charge in [0.1, 0.15) is 6.54 Å². The van der Waals surface area contributed by atoms with E-state index < -0.39 is 12.7 Å². The molecular weight excluding hydrogens is 391 g/mol. The van der Waals surface area contributed by atoms with E-state index in [1.54, 1.807) is 6.92 Å². The number of ketones is 1. The molecule has 3 rings (SSSR count). The standard InChI is InChI=1S/C19H18F3N3O2S/c1-11-6-4-5-7-14(11)17-23-24-18(27-17)28-9-16(26)15-8-12(2)25(13(15)3)10-19(20,21)22/h4-8H,9-10H2,1-3H3. The SMILES string of the molecule is Cc1ccccc1-c1nnc(SCC(=O)c2cc(C)n(CC(F)(F)F)c2C)o1. The second-order valence-corrected chi connectivity index (χ2v) is 7.31. The Labute approximate surface area is 164 Å². The maximum Gasteiger partial charge on any atom is 0.406 e. The minimum atomic E-state index is -4.35. The van der Waals surface area contributed by atoms with Gasteiger partial charge in [0.25, 0.3) is 5.22 Å². The zero-order chi connectivity index (χ0) is 20.5. The number of alkyl halides is 3. The predicted molar refractivity (Wildman–Crippen MR) is 99.5 cm³/mol. The van der Waals surface area contributed by atoms with E-state index in [0.717, 1.165) is 27.5 Å². The van der Waals surface area contributed by atoms with E-state index in [4.69, 9.17) is 4.42 Å². The number of hydrogen-bond acceptors (Lipinski definition) is 5. The summed E-state index contributed by atoms with van der Waals surface area (Å²) >= 11 is 1.06. The first-order valence-corrected chi connectivity index (χ1v) is 9.43. The highest BCUT2D eigenvalue weighted by Gasteiger charge is 2.30. The molecule has 2 heterocycles. The average molecular weight is 409 g/mol. The fourth-order valence-electron chi connectivity index (χ4n) is 2.90. The highest BCUT2D eigenvalue weighted by molar-refractivity contribution is 7.99. The van der Waals surface area contributed by atoms with E-state index in [1.807, 2.05) is 31.2 Å². The molecule has 0 unspecified atom stereocenters. The normalized spacial score (nSPS) is 11.8. The van der Waals surface area contributed by atoms with Crippen molar-refractivity contribution in [3.8, 4) is 11.5 Å². The van der Waals surface area contributed by atoms with Crippen molar-refractivity contribution in [2.45, 2.75) is 38.7 Å². The Kier molecular flexibility index (Phi) is 5.64. The summed E-state index contributed by atoms with van der Waals surface area (Å²) in [5, 5.41) is 8.16. The molecule has 3 aromatic rings. The van der Waals surface area contributed by atoms with Crippen LogP contribution in [0.5, 0.6) is 0 Å². The molecule has 9 heteroatoms. The molecule has 0 atom stereocenters. The maximum atomic E-state index is 12.7. The van der Waals surface area contributed by atoms with Crippen LogP contribution in [0.4, 0.5) is 13.2 Å². The first kappa shape index (κ1) is 20.2. The van der Waals surface area contributed by atoms with Gasteiger partial charge in [0.15, 0.2) is 5.78 Å². The Hall–Kier alpha value is -2.55. The number of aromatic nitrogens is 3. The fraction of sp³-hybridized carbons (Fsp3) is 0.316. The number of carbonyl (C=O) groups is 1. The molecule has 0 aliphatic carbocycles. The third kappa shape index (κ3) is 4.46. The van der Waals surface area contributed by atoms with E-state index in [1.165, 1.54) is 13.0 Å². The van der Waals surface area contributed by atoms with Crippen molar-refractivity contribution in [2.75, 3.05) is 5.75 Å². The first-order chi connectivity index (χ1) is 13.2. The molecule has 0 radical (unpaired) electrons. The highest BCUT2D eigenvalue weighted by atomic mass is 32.2. The molecule has 0 fully saturated rings. The van der Waals surface area contributed by atoms with Crippen LogP contribution in [0, 0.1) is 20.8 Å². The van der Waals surface area contributed by atoms with Gasteiger partial charge in [-0.2, -0.15) is 13.2 Å². The largest absolute Gasteiger partial charge is 0.411 e. The van der Waals surface area contributed by atoms with Gasteiger partial charge in [0.2, 0.25) is 5.89 Å². The number of hydrogen-bond donors (Lipinski definition) is 0. The topological polar surface area (TPSA) is 60.9 Å². The molecule has 0 N–H and O–H groups in total. The van der Waals surface area contributed by atoms with Crippen molar-refractivity contribution in [3.63, 3.8) is 0 Å². The summed E-state index contributed by atoms with van der Waals surface area (Å²) in [6.45, 7) is 3.87. The third-order valence-corrected chi connectivity index (χ3v) is 5.14. The number of benzene rings is 1. The second-order valence-electron chi connectivity index (χ2n) is 6.39. The number of rotatable bonds is 6. The zero-order valence-electron chi connectivity index (χ0n) is 15.5. The number of aryl methyl sites for hydroxylation is 2. The molecule has 0 aliphatic heterocycles. The molecule has 0 bridgehead atoms. The Morgan fingerprint density at radius 2 is 1.89 bits per heavy atom. The molecule has 0 amide bonds. The molecule has 0 spiro atoms. The van der Waals surface area contributed by atoms with E-state index in [9.17, 15) is 18.0 Å². The van der Waals surface area contributed by atoms with Gasteiger partial charge in [0, 0.05) is 22.5 Å². The van der Waals surface area contributed by atoms with Crippen LogP contribution < -0.4 is 0 Å². The Balaban J connectivity index is 1.70. The first-order valence-electron chi connectivity index (χ1n) is 8.44. The Morgan fingerprint density at radius 3 is 2.57 bits per heavy atom. The molecular formula is C19H18F3N3O2S. The zero-order valence-corrected chi connectivity index (χ0v) is 16.3. The lowest BCUT2D eigenvalue weighted by Crippen LogP contribution is -2.19. The van der Waals surface area contributed by atoms with Crippen LogP contribution in [0.15, 0.2) is 40.0 Å². The molecule has 0 aliphatic rings. The van der Waals surface area contributed by atoms with Gasteiger partial charge in [0.05, 0.1) is 5.75 Å². The van der Waals surface area contributed by atoms with Gasteiger partial charge >= 0.3 is 6.18 Å². The van der Waals surface area contributed by atoms with Crippen LogP contribution in [0.1, 0.15) is 27.3 Å². The van der Waals surface area contributed by atoms with Crippen LogP contribution in [0.25, 0.3) is 11.5 Å². The maximum absolute atomic E-state index is 12.7. The van der Waals surface area contributed by atoms with Crippen LogP contribution in [-0.4, -0.2) is 32.5 Å². The highest BCUT2D eigenvalue weighted by Crippen LogP contribution is 2.27. The molecule has 0 saturated heterocycles. The Bertz CT molecular complexity index is 1010. The predicted octanol–water partition coefficient (Wildman–Crippen LogP) is 5.00. The number of nitrogens with zero attached hydrogens (tertiary/aromatic N) is 3. The smallest absolute Gasteiger partial charge is 0.406 e. The van der Waals surface area contributed by atoms with Gasteiger partial charge in [-0.05, 0) is 38.5 Å². The van der Waals surface area contributed by atoms with Crippen LogP contribution in [0.2, 0.25) is 0 Å². The molecule has 2 aromatic heterocycles. The van der Waals surface area contributed by atoms with Crippen molar-refractivity contribution in [3.05, 3.63) is 52.8 Å². The Morgan fingerprint density at radius 1 is 1.18 bits per heavy atom. The lowest BCUT2D eigenvalue weighted by molar-refractivity contribution is -0.141. The summed E-state index contributed by atoms with van der Waals surface area (Å²) in [4.78, 5) is 12.5. The monoisotopic (exact) mass is 409 g/mol. The van der Waals surface area contributed by atoms with Crippen LogP contribution >= 0.6 is 11.8 Å². The van der Waals surface area contributed by atoms with Gasteiger partial charge in [-0.15, -0.1) is 10.2 Å². The number of carbonyl (C=O) groups excluding carboxylic acids is 1. The van der Waals surface area contributed by atoms with E-state index in [0.29, 0.717) is 17.3 Å². The molecule has 28 heavy (non-hydrogen) atoms. The van der Waals surface area contributed by atoms with Crippen molar-refractivity contribution in [1.82, 2.24) is 14.8 Å². The van der Waals surface area contributed by atoms with Crippen LogP contribution in [-0.2, 0) is 6.54 Å². The third-order valence-electron chi connectivity index (χ3n) is 4.32. The fourth-order valence-corrected chi connectivity index (χ4v) is 3.55. The average Bonchev–Trinajstić information content (AvgIpc) is 3.19. The summed E-state index contributed by atoms with van der Waals surface area (Å²) in [7, 11) is 0.